The minimum absolute atomic E-state index is 0.124. The maximum absolute atomic E-state index is 12.6. The topological polar surface area (TPSA) is 85.1 Å². The van der Waals surface area contributed by atoms with Gasteiger partial charge in [0.2, 0.25) is 0 Å². The molecule has 1 heterocycles. The highest BCUT2D eigenvalue weighted by atomic mass is 32.2. The van der Waals surface area contributed by atoms with E-state index < -0.39 is 10.2 Å². The van der Waals surface area contributed by atoms with Crippen LogP contribution in [-0.4, -0.2) is 77.2 Å². The molecule has 0 aromatic rings. The summed E-state index contributed by atoms with van der Waals surface area (Å²) >= 11 is 0. The van der Waals surface area contributed by atoms with Crippen molar-refractivity contribution < 1.29 is 17.9 Å². The van der Waals surface area contributed by atoms with Crippen LogP contribution in [0.3, 0.4) is 0 Å². The molecule has 1 unspecified atom stereocenters. The fraction of sp³-hybridized carbons (Fsp3) is 1.00. The van der Waals surface area contributed by atoms with Gasteiger partial charge >= 0.3 is 0 Å². The molecule has 7 nitrogen and oxygen atoms in total. The summed E-state index contributed by atoms with van der Waals surface area (Å²) in [5.74, 6) is 0. The predicted molar refractivity (Wildman–Crippen MR) is 77.6 cm³/mol. The molecule has 120 valence electrons. The van der Waals surface area contributed by atoms with E-state index in [0.717, 1.165) is 6.42 Å². The summed E-state index contributed by atoms with van der Waals surface area (Å²) < 4.78 is 38.2. The Labute approximate surface area is 122 Å². The van der Waals surface area contributed by atoms with Crippen LogP contribution in [0.4, 0.5) is 0 Å². The van der Waals surface area contributed by atoms with Crippen molar-refractivity contribution in [2.45, 2.75) is 13.3 Å². The van der Waals surface area contributed by atoms with E-state index in [0.29, 0.717) is 45.9 Å². The van der Waals surface area contributed by atoms with Crippen molar-refractivity contribution >= 4 is 10.2 Å². The normalized spacial score (nSPS) is 24.6. The van der Waals surface area contributed by atoms with Gasteiger partial charge in [-0.1, -0.05) is 6.92 Å². The van der Waals surface area contributed by atoms with Crippen LogP contribution in [0, 0.1) is 5.41 Å². The first-order valence-electron chi connectivity index (χ1n) is 6.83. The minimum Gasteiger partial charge on any atom is -0.383 e. The van der Waals surface area contributed by atoms with E-state index in [2.05, 4.69) is 0 Å². The van der Waals surface area contributed by atoms with Gasteiger partial charge in [-0.3, -0.25) is 0 Å². The molecule has 2 N–H and O–H groups in total. The molecular weight excluding hydrogens is 282 g/mol. The van der Waals surface area contributed by atoms with Crippen molar-refractivity contribution in [3.63, 3.8) is 0 Å². The standard InChI is InChI=1S/C12H27N3O4S/c1-12(10-13)4-5-15(11-12)20(16,17)14(6-8-18-2)7-9-19-3/h4-11,13H2,1-3H3. The van der Waals surface area contributed by atoms with Crippen LogP contribution >= 0.6 is 0 Å². The van der Waals surface area contributed by atoms with Crippen LogP contribution in [-0.2, 0) is 19.7 Å². The second kappa shape index (κ2) is 7.67. The Kier molecular flexibility index (Phi) is 6.83. The summed E-state index contributed by atoms with van der Waals surface area (Å²) in [6, 6.07) is 0. The van der Waals surface area contributed by atoms with E-state index in [1.807, 2.05) is 6.92 Å². The molecule has 0 saturated carbocycles. The number of methoxy groups -OCH3 is 2. The second-order valence-electron chi connectivity index (χ2n) is 5.49. The van der Waals surface area contributed by atoms with E-state index >= 15 is 0 Å². The molecule has 1 saturated heterocycles. The lowest BCUT2D eigenvalue weighted by Gasteiger charge is -2.28. The Balaban J connectivity index is 2.76. The number of rotatable bonds is 9. The van der Waals surface area contributed by atoms with Crippen molar-refractivity contribution in [2.24, 2.45) is 11.1 Å². The van der Waals surface area contributed by atoms with Crippen molar-refractivity contribution in [1.82, 2.24) is 8.61 Å². The lowest BCUT2D eigenvalue weighted by molar-refractivity contribution is 0.147. The lowest BCUT2D eigenvalue weighted by Crippen LogP contribution is -2.46. The monoisotopic (exact) mass is 309 g/mol. The van der Waals surface area contributed by atoms with Crippen LogP contribution in [0.1, 0.15) is 13.3 Å². The summed E-state index contributed by atoms with van der Waals surface area (Å²) in [6.07, 6.45) is 0.797. The molecule has 0 radical (unpaired) electrons. The lowest BCUT2D eigenvalue weighted by atomic mass is 9.90. The smallest absolute Gasteiger partial charge is 0.282 e. The zero-order chi connectivity index (χ0) is 15.2. The van der Waals surface area contributed by atoms with Gasteiger partial charge < -0.3 is 15.2 Å². The van der Waals surface area contributed by atoms with Crippen LogP contribution in [0.2, 0.25) is 0 Å². The van der Waals surface area contributed by atoms with Crippen LogP contribution in [0.15, 0.2) is 0 Å². The average molecular weight is 309 g/mol. The van der Waals surface area contributed by atoms with Crippen LogP contribution in [0.5, 0.6) is 0 Å². The van der Waals surface area contributed by atoms with Crippen molar-refractivity contribution in [3.05, 3.63) is 0 Å². The Morgan fingerprint density at radius 2 is 1.80 bits per heavy atom. The third kappa shape index (κ3) is 4.37. The van der Waals surface area contributed by atoms with Gasteiger partial charge in [0, 0.05) is 40.4 Å². The first kappa shape index (κ1) is 17.8. The fourth-order valence-corrected chi connectivity index (χ4v) is 3.97. The summed E-state index contributed by atoms with van der Waals surface area (Å²) in [4.78, 5) is 0. The second-order valence-corrected chi connectivity index (χ2v) is 7.42. The summed E-state index contributed by atoms with van der Waals surface area (Å²) in [5, 5.41) is 0. The van der Waals surface area contributed by atoms with Crippen molar-refractivity contribution in [1.29, 1.82) is 0 Å². The third-order valence-corrected chi connectivity index (χ3v) is 5.74. The van der Waals surface area contributed by atoms with E-state index in [9.17, 15) is 8.42 Å². The van der Waals surface area contributed by atoms with Gasteiger partial charge in [0.1, 0.15) is 0 Å². The Hall–Kier alpha value is -0.250. The number of hydrogen-bond acceptors (Lipinski definition) is 5. The van der Waals surface area contributed by atoms with Gasteiger partial charge in [-0.2, -0.15) is 17.0 Å². The van der Waals surface area contributed by atoms with Gasteiger partial charge in [0.25, 0.3) is 10.2 Å². The Morgan fingerprint density at radius 3 is 2.20 bits per heavy atom. The average Bonchev–Trinajstić information content (AvgIpc) is 2.83. The maximum Gasteiger partial charge on any atom is 0.282 e. The SMILES string of the molecule is COCCN(CCOC)S(=O)(=O)N1CCC(C)(CN)C1. The molecule has 1 atom stereocenters. The highest BCUT2D eigenvalue weighted by Gasteiger charge is 2.40. The molecule has 1 aliphatic rings. The van der Waals surface area contributed by atoms with Gasteiger partial charge in [0.05, 0.1) is 13.2 Å². The van der Waals surface area contributed by atoms with E-state index in [1.54, 1.807) is 14.2 Å². The number of ether oxygens (including phenoxy) is 2. The van der Waals surface area contributed by atoms with Gasteiger partial charge in [0.15, 0.2) is 0 Å². The molecule has 8 heteroatoms. The molecule has 20 heavy (non-hydrogen) atoms. The highest BCUT2D eigenvalue weighted by molar-refractivity contribution is 7.86. The zero-order valence-electron chi connectivity index (χ0n) is 12.7. The molecule has 0 aliphatic carbocycles. The minimum atomic E-state index is -3.48. The summed E-state index contributed by atoms with van der Waals surface area (Å²) in [7, 11) is -0.359. The highest BCUT2D eigenvalue weighted by Crippen LogP contribution is 2.31. The molecule has 0 aromatic carbocycles. The maximum atomic E-state index is 12.6. The third-order valence-electron chi connectivity index (χ3n) is 3.76. The first-order valence-corrected chi connectivity index (χ1v) is 8.22. The molecule has 0 bridgehead atoms. The number of nitrogens with two attached hydrogens (primary N) is 1. The van der Waals surface area contributed by atoms with Crippen molar-refractivity contribution in [2.75, 3.05) is 60.2 Å². The Morgan fingerprint density at radius 1 is 1.25 bits per heavy atom. The van der Waals surface area contributed by atoms with E-state index in [-0.39, 0.29) is 5.41 Å². The van der Waals surface area contributed by atoms with E-state index in [1.165, 1.54) is 8.61 Å². The fourth-order valence-electron chi connectivity index (χ4n) is 2.23. The van der Waals surface area contributed by atoms with E-state index in [4.69, 9.17) is 15.2 Å². The van der Waals surface area contributed by atoms with Gasteiger partial charge in [-0.15, -0.1) is 0 Å². The molecule has 0 aromatic heterocycles. The van der Waals surface area contributed by atoms with Crippen molar-refractivity contribution in [3.8, 4) is 0 Å². The summed E-state index contributed by atoms with van der Waals surface area (Å²) in [5.41, 5.74) is 5.61. The predicted octanol–water partition coefficient (Wildman–Crippen LogP) is -0.503. The molecule has 1 fully saturated rings. The molecular formula is C12H27N3O4S. The quantitative estimate of drug-likeness (QED) is 0.620. The number of nitrogens with zero attached hydrogens (tertiary/aromatic N) is 2. The molecule has 1 rings (SSSR count). The molecule has 1 aliphatic heterocycles. The van der Waals surface area contributed by atoms with Crippen LogP contribution in [0.25, 0.3) is 0 Å². The van der Waals surface area contributed by atoms with Gasteiger partial charge in [-0.05, 0) is 18.4 Å². The Bertz CT molecular complexity index is 382. The first-order chi connectivity index (χ1) is 9.39. The zero-order valence-corrected chi connectivity index (χ0v) is 13.5. The summed E-state index contributed by atoms with van der Waals surface area (Å²) in [6.45, 7) is 4.91. The van der Waals surface area contributed by atoms with Crippen LogP contribution < -0.4 is 5.73 Å². The largest absolute Gasteiger partial charge is 0.383 e. The number of hydrogen-bond donors (Lipinski definition) is 1. The van der Waals surface area contributed by atoms with Gasteiger partial charge in [-0.25, -0.2) is 0 Å². The molecule has 0 spiro atoms. The molecule has 0 amide bonds.